The van der Waals surface area contributed by atoms with E-state index in [1.807, 2.05) is 13.0 Å². The molecule has 0 aliphatic heterocycles. The normalized spacial score (nSPS) is 17.2. The van der Waals surface area contributed by atoms with E-state index in [1.165, 1.54) is 0 Å². The fourth-order valence-electron chi connectivity index (χ4n) is 0.773. The molecule has 0 aliphatic carbocycles. The first-order valence-corrected chi connectivity index (χ1v) is 4.14. The van der Waals surface area contributed by atoms with Gasteiger partial charge in [0.15, 0.2) is 0 Å². The molecule has 0 saturated carbocycles. The van der Waals surface area contributed by atoms with Crippen LogP contribution in [0, 0.1) is 0 Å². The third kappa shape index (κ3) is 5.10. The van der Waals surface area contributed by atoms with Gasteiger partial charge >= 0.3 is 0 Å². The maximum atomic E-state index is 9.40. The van der Waals surface area contributed by atoms with E-state index in [0.29, 0.717) is 6.42 Å². The van der Waals surface area contributed by atoms with E-state index in [-0.39, 0.29) is 6.61 Å². The van der Waals surface area contributed by atoms with Crippen molar-refractivity contribution in [2.24, 2.45) is 0 Å². The van der Waals surface area contributed by atoms with E-state index in [4.69, 9.17) is 5.11 Å². The molecule has 0 aromatic carbocycles. The zero-order chi connectivity index (χ0) is 9.61. The van der Waals surface area contributed by atoms with Crippen molar-refractivity contribution in [1.29, 1.82) is 0 Å². The molecule has 12 heavy (non-hydrogen) atoms. The van der Waals surface area contributed by atoms with E-state index in [0.717, 1.165) is 12.0 Å². The van der Waals surface area contributed by atoms with Gasteiger partial charge in [0, 0.05) is 0 Å². The summed E-state index contributed by atoms with van der Waals surface area (Å²) in [6.07, 6.45) is 5.12. The predicted octanol–water partition coefficient (Wildman–Crippen LogP) is 1.64. The Morgan fingerprint density at radius 2 is 2.17 bits per heavy atom. The summed E-state index contributed by atoms with van der Waals surface area (Å²) in [5.74, 6) is 0. The lowest BCUT2D eigenvalue weighted by Gasteiger charge is -2.18. The molecule has 0 aromatic rings. The highest BCUT2D eigenvalue weighted by atomic mass is 16.3. The lowest BCUT2D eigenvalue weighted by molar-refractivity contribution is -0.00423. The Balaban J connectivity index is 3.76. The Bertz CT molecular complexity index is 169. The summed E-state index contributed by atoms with van der Waals surface area (Å²) in [5, 5.41) is 18.1. The summed E-state index contributed by atoms with van der Waals surface area (Å²) in [5.41, 5.74) is 0.154. The van der Waals surface area contributed by atoms with Gasteiger partial charge < -0.3 is 10.2 Å². The second-order valence-corrected chi connectivity index (χ2v) is 3.35. The van der Waals surface area contributed by atoms with Crippen LogP contribution in [0.4, 0.5) is 0 Å². The minimum Gasteiger partial charge on any atom is -0.393 e. The van der Waals surface area contributed by atoms with Crippen molar-refractivity contribution in [3.05, 3.63) is 24.3 Å². The molecule has 0 radical (unpaired) electrons. The lowest BCUT2D eigenvalue weighted by Crippen LogP contribution is -2.28. The highest BCUT2D eigenvalue weighted by Gasteiger charge is 2.16. The van der Waals surface area contributed by atoms with Crippen molar-refractivity contribution in [3.63, 3.8) is 0 Å². The van der Waals surface area contributed by atoms with Crippen LogP contribution < -0.4 is 0 Å². The molecule has 2 N–H and O–H groups in total. The molecule has 2 heteroatoms. The molecule has 0 heterocycles. The monoisotopic (exact) mass is 170 g/mol. The van der Waals surface area contributed by atoms with Gasteiger partial charge in [-0.15, -0.1) is 0 Å². The van der Waals surface area contributed by atoms with Gasteiger partial charge in [-0.05, 0) is 26.7 Å². The van der Waals surface area contributed by atoms with Crippen LogP contribution in [0.5, 0.6) is 0 Å². The van der Waals surface area contributed by atoms with Gasteiger partial charge in [0.05, 0.1) is 12.2 Å². The van der Waals surface area contributed by atoms with Crippen molar-refractivity contribution in [1.82, 2.24) is 0 Å². The standard InChI is InChI=1S/C10H18O2/c1-4-9(2)6-5-7-10(3,12)8-11/h4,6,11-12H,1,5,7-8H2,2-3H3. The lowest BCUT2D eigenvalue weighted by atomic mass is 10.0. The second kappa shape index (κ2) is 5.12. The summed E-state index contributed by atoms with van der Waals surface area (Å²) in [6, 6.07) is 0. The summed E-state index contributed by atoms with van der Waals surface area (Å²) in [4.78, 5) is 0. The third-order valence-electron chi connectivity index (χ3n) is 1.81. The first-order valence-electron chi connectivity index (χ1n) is 4.14. The fourth-order valence-corrected chi connectivity index (χ4v) is 0.773. The maximum Gasteiger partial charge on any atom is 0.0852 e. The molecular formula is C10H18O2. The molecule has 0 rings (SSSR count). The molecule has 1 atom stereocenters. The molecular weight excluding hydrogens is 152 g/mol. The Labute approximate surface area is 74.2 Å². The van der Waals surface area contributed by atoms with Gasteiger partial charge in [0.2, 0.25) is 0 Å². The Morgan fingerprint density at radius 1 is 1.58 bits per heavy atom. The summed E-state index contributed by atoms with van der Waals surface area (Å²) in [6.45, 7) is 7.02. The van der Waals surface area contributed by atoms with Gasteiger partial charge in [0.25, 0.3) is 0 Å². The molecule has 0 amide bonds. The molecule has 0 bridgehead atoms. The molecule has 0 fully saturated rings. The quantitative estimate of drug-likeness (QED) is 0.616. The number of rotatable bonds is 5. The van der Waals surface area contributed by atoms with Crippen LogP contribution in [0.25, 0.3) is 0 Å². The van der Waals surface area contributed by atoms with Gasteiger partial charge in [-0.1, -0.05) is 24.3 Å². The smallest absolute Gasteiger partial charge is 0.0852 e. The maximum absolute atomic E-state index is 9.40. The summed E-state index contributed by atoms with van der Waals surface area (Å²) in [7, 11) is 0. The van der Waals surface area contributed by atoms with Crippen LogP contribution in [0.3, 0.4) is 0 Å². The molecule has 70 valence electrons. The zero-order valence-electron chi connectivity index (χ0n) is 7.88. The van der Waals surface area contributed by atoms with Crippen LogP contribution >= 0.6 is 0 Å². The van der Waals surface area contributed by atoms with Crippen molar-refractivity contribution >= 4 is 0 Å². The molecule has 0 aromatic heterocycles. The van der Waals surface area contributed by atoms with Gasteiger partial charge in [-0.25, -0.2) is 0 Å². The Hall–Kier alpha value is -0.600. The number of aliphatic hydroxyl groups is 2. The van der Waals surface area contributed by atoms with E-state index in [2.05, 4.69) is 6.58 Å². The summed E-state index contributed by atoms with van der Waals surface area (Å²) >= 11 is 0. The molecule has 0 spiro atoms. The minimum absolute atomic E-state index is 0.187. The molecule has 0 saturated heterocycles. The van der Waals surface area contributed by atoms with Crippen molar-refractivity contribution in [2.75, 3.05) is 6.61 Å². The van der Waals surface area contributed by atoms with Crippen LogP contribution in [-0.4, -0.2) is 22.4 Å². The number of aliphatic hydroxyl groups excluding tert-OH is 1. The van der Waals surface area contributed by atoms with E-state index in [9.17, 15) is 5.11 Å². The highest BCUT2D eigenvalue weighted by molar-refractivity contribution is 5.12. The Morgan fingerprint density at radius 3 is 2.58 bits per heavy atom. The average Bonchev–Trinajstić information content (AvgIpc) is 2.04. The first-order chi connectivity index (χ1) is 5.52. The van der Waals surface area contributed by atoms with Crippen molar-refractivity contribution in [2.45, 2.75) is 32.3 Å². The number of allylic oxidation sites excluding steroid dienone is 3. The topological polar surface area (TPSA) is 40.5 Å². The second-order valence-electron chi connectivity index (χ2n) is 3.35. The van der Waals surface area contributed by atoms with Gasteiger partial charge in [0.1, 0.15) is 0 Å². The molecule has 0 aliphatic rings. The van der Waals surface area contributed by atoms with E-state index >= 15 is 0 Å². The first kappa shape index (κ1) is 11.4. The van der Waals surface area contributed by atoms with Gasteiger partial charge in [-0.3, -0.25) is 0 Å². The molecule has 2 nitrogen and oxygen atoms in total. The Kier molecular flexibility index (Phi) is 4.86. The van der Waals surface area contributed by atoms with E-state index in [1.54, 1.807) is 13.0 Å². The van der Waals surface area contributed by atoms with Crippen molar-refractivity contribution < 1.29 is 10.2 Å². The van der Waals surface area contributed by atoms with Crippen LogP contribution in [0.1, 0.15) is 26.7 Å². The van der Waals surface area contributed by atoms with Crippen LogP contribution in [0.2, 0.25) is 0 Å². The van der Waals surface area contributed by atoms with Crippen molar-refractivity contribution in [3.8, 4) is 0 Å². The third-order valence-corrected chi connectivity index (χ3v) is 1.81. The summed E-state index contributed by atoms with van der Waals surface area (Å²) < 4.78 is 0. The predicted molar refractivity (Wildman–Crippen MR) is 50.9 cm³/mol. The minimum atomic E-state index is -0.946. The molecule has 1 unspecified atom stereocenters. The van der Waals surface area contributed by atoms with Crippen LogP contribution in [0.15, 0.2) is 24.3 Å². The van der Waals surface area contributed by atoms with Crippen LogP contribution in [-0.2, 0) is 0 Å². The van der Waals surface area contributed by atoms with E-state index < -0.39 is 5.60 Å². The van der Waals surface area contributed by atoms with Gasteiger partial charge in [-0.2, -0.15) is 0 Å². The SMILES string of the molecule is C=CC(C)=CCCC(C)(O)CO. The average molecular weight is 170 g/mol. The zero-order valence-corrected chi connectivity index (χ0v) is 7.88. The fraction of sp³-hybridized carbons (Fsp3) is 0.600. The number of hydrogen-bond donors (Lipinski definition) is 2. The highest BCUT2D eigenvalue weighted by Crippen LogP contribution is 2.12. The number of hydrogen-bond acceptors (Lipinski definition) is 2. The largest absolute Gasteiger partial charge is 0.393 e.